The maximum Gasteiger partial charge on any atom is 0.223 e. The summed E-state index contributed by atoms with van der Waals surface area (Å²) in [5.74, 6) is 0.204. The van der Waals surface area contributed by atoms with Gasteiger partial charge in [0.15, 0.2) is 0 Å². The molecule has 1 aromatic heterocycles. The molecule has 0 bridgehead atoms. The molecule has 2 N–H and O–H groups in total. The number of β-amino-alcohol motifs (C(OH)–C–C–N with tert-alkyl or cyclic N) is 1. The zero-order valence-electron chi connectivity index (χ0n) is 15.5. The number of hydrogen-bond acceptors (Lipinski definition) is 5. The summed E-state index contributed by atoms with van der Waals surface area (Å²) in [6, 6.07) is 14.0. The maximum atomic E-state index is 12.4. The number of aliphatic hydroxyl groups is 1. The molecule has 6 heteroatoms. The lowest BCUT2D eigenvalue weighted by Gasteiger charge is -2.32. The van der Waals surface area contributed by atoms with E-state index in [4.69, 9.17) is 4.74 Å². The maximum absolute atomic E-state index is 12.4. The zero-order chi connectivity index (χ0) is 18.9. The monoisotopic (exact) mass is 388 g/mol. The van der Waals surface area contributed by atoms with Gasteiger partial charge >= 0.3 is 0 Å². The van der Waals surface area contributed by atoms with Crippen molar-refractivity contribution in [1.29, 1.82) is 0 Å². The number of piperidine rings is 1. The Morgan fingerprint density at radius 2 is 2.00 bits per heavy atom. The van der Waals surface area contributed by atoms with Crippen molar-refractivity contribution in [3.8, 4) is 0 Å². The van der Waals surface area contributed by atoms with Crippen LogP contribution in [0.5, 0.6) is 0 Å². The van der Waals surface area contributed by atoms with E-state index in [-0.39, 0.29) is 11.8 Å². The van der Waals surface area contributed by atoms with Crippen molar-refractivity contribution in [2.24, 2.45) is 5.92 Å². The fourth-order valence-electron chi connectivity index (χ4n) is 3.35. The molecule has 27 heavy (non-hydrogen) atoms. The van der Waals surface area contributed by atoms with Gasteiger partial charge in [0.1, 0.15) is 0 Å². The quantitative estimate of drug-likeness (QED) is 0.693. The average molecular weight is 389 g/mol. The summed E-state index contributed by atoms with van der Waals surface area (Å²) in [6.45, 7) is 3.76. The van der Waals surface area contributed by atoms with Crippen LogP contribution in [0.1, 0.15) is 23.3 Å². The molecule has 3 rings (SSSR count). The first-order chi connectivity index (χ1) is 13.2. The van der Waals surface area contributed by atoms with E-state index < -0.39 is 6.10 Å². The van der Waals surface area contributed by atoms with E-state index in [0.717, 1.165) is 31.5 Å². The van der Waals surface area contributed by atoms with Crippen molar-refractivity contribution < 1.29 is 14.6 Å². The normalized spacial score (nSPS) is 16.9. The highest BCUT2D eigenvalue weighted by atomic mass is 32.1. The molecular weight excluding hydrogens is 360 g/mol. The standard InChI is InChI=1S/C21H28N2O3S/c24-19(15-26-16-20-7-4-12-27-20)14-23-10-8-18(9-11-23)21(25)22-13-17-5-2-1-3-6-17/h1-7,12,18-19,24H,8-11,13-16H2,(H,22,25)/t19-/m1/s1. The summed E-state index contributed by atoms with van der Waals surface area (Å²) >= 11 is 1.66. The summed E-state index contributed by atoms with van der Waals surface area (Å²) in [6.07, 6.45) is 1.18. The van der Waals surface area contributed by atoms with Gasteiger partial charge in [-0.25, -0.2) is 0 Å². The van der Waals surface area contributed by atoms with Crippen molar-refractivity contribution in [2.75, 3.05) is 26.2 Å². The van der Waals surface area contributed by atoms with E-state index in [1.54, 1.807) is 11.3 Å². The van der Waals surface area contributed by atoms with Gasteiger partial charge in [-0.15, -0.1) is 11.3 Å². The molecule has 0 aliphatic carbocycles. The van der Waals surface area contributed by atoms with Crippen molar-refractivity contribution in [1.82, 2.24) is 10.2 Å². The Hall–Kier alpha value is -1.73. The molecule has 0 saturated carbocycles. The highest BCUT2D eigenvalue weighted by Crippen LogP contribution is 2.18. The number of ether oxygens (including phenoxy) is 1. The van der Waals surface area contributed by atoms with Crippen LogP contribution in [0, 0.1) is 5.92 Å². The fraction of sp³-hybridized carbons (Fsp3) is 0.476. The Morgan fingerprint density at radius 1 is 1.22 bits per heavy atom. The van der Waals surface area contributed by atoms with Gasteiger partial charge in [0.05, 0.1) is 19.3 Å². The van der Waals surface area contributed by atoms with E-state index in [1.807, 2.05) is 47.8 Å². The smallest absolute Gasteiger partial charge is 0.223 e. The first kappa shape index (κ1) is 20.0. The number of thiophene rings is 1. The average Bonchev–Trinajstić information content (AvgIpc) is 3.21. The summed E-state index contributed by atoms with van der Waals surface area (Å²) in [7, 11) is 0. The lowest BCUT2D eigenvalue weighted by Crippen LogP contribution is -2.43. The number of nitrogens with one attached hydrogen (secondary N) is 1. The van der Waals surface area contributed by atoms with Crippen LogP contribution < -0.4 is 5.32 Å². The number of carbonyl (C=O) groups excluding carboxylic acids is 1. The molecule has 1 atom stereocenters. The number of amides is 1. The van der Waals surface area contributed by atoms with Crippen LogP contribution in [0.4, 0.5) is 0 Å². The summed E-state index contributed by atoms with van der Waals surface area (Å²) in [5.41, 5.74) is 1.12. The van der Waals surface area contributed by atoms with Crippen LogP contribution in [0.15, 0.2) is 47.8 Å². The molecule has 1 saturated heterocycles. The minimum Gasteiger partial charge on any atom is -0.389 e. The fourth-order valence-corrected chi connectivity index (χ4v) is 3.99. The first-order valence-electron chi connectivity index (χ1n) is 9.53. The largest absolute Gasteiger partial charge is 0.389 e. The molecule has 1 aliphatic heterocycles. The third-order valence-corrected chi connectivity index (χ3v) is 5.72. The van der Waals surface area contributed by atoms with E-state index >= 15 is 0 Å². The second kappa shape index (κ2) is 10.6. The van der Waals surface area contributed by atoms with Crippen molar-refractivity contribution >= 4 is 17.2 Å². The predicted molar refractivity (Wildman–Crippen MR) is 107 cm³/mol. The number of hydrogen-bond donors (Lipinski definition) is 2. The van der Waals surface area contributed by atoms with Crippen LogP contribution >= 0.6 is 11.3 Å². The minimum atomic E-state index is -0.492. The lowest BCUT2D eigenvalue weighted by molar-refractivity contribution is -0.126. The molecule has 1 aromatic carbocycles. The molecule has 0 unspecified atom stereocenters. The van der Waals surface area contributed by atoms with Gasteiger partial charge in [0, 0.05) is 23.9 Å². The number of rotatable bonds is 9. The number of benzene rings is 1. The summed E-state index contributed by atoms with van der Waals surface area (Å²) in [5, 5.41) is 15.2. The highest BCUT2D eigenvalue weighted by Gasteiger charge is 2.25. The molecule has 0 spiro atoms. The first-order valence-corrected chi connectivity index (χ1v) is 10.4. The van der Waals surface area contributed by atoms with Crippen LogP contribution in [0.25, 0.3) is 0 Å². The van der Waals surface area contributed by atoms with Crippen LogP contribution in [0.3, 0.4) is 0 Å². The SMILES string of the molecule is O=C(NCc1ccccc1)C1CCN(C[C@@H](O)COCc2cccs2)CC1. The van der Waals surface area contributed by atoms with Gasteiger partial charge in [0.25, 0.3) is 0 Å². The van der Waals surface area contributed by atoms with Crippen molar-refractivity contribution in [3.63, 3.8) is 0 Å². The summed E-state index contributed by atoms with van der Waals surface area (Å²) < 4.78 is 5.58. The molecule has 0 radical (unpaired) electrons. The van der Waals surface area contributed by atoms with E-state index in [2.05, 4.69) is 10.2 Å². The van der Waals surface area contributed by atoms with Gasteiger partial charge in [0.2, 0.25) is 5.91 Å². The van der Waals surface area contributed by atoms with Crippen LogP contribution in [0.2, 0.25) is 0 Å². The Kier molecular flexibility index (Phi) is 7.83. The third-order valence-electron chi connectivity index (χ3n) is 4.87. The number of nitrogens with zero attached hydrogens (tertiary/aromatic N) is 1. The molecule has 1 fully saturated rings. The van der Waals surface area contributed by atoms with Crippen LogP contribution in [-0.4, -0.2) is 48.3 Å². The van der Waals surface area contributed by atoms with Crippen LogP contribution in [-0.2, 0) is 22.7 Å². The van der Waals surface area contributed by atoms with E-state index in [9.17, 15) is 9.90 Å². The Morgan fingerprint density at radius 3 is 2.70 bits per heavy atom. The third kappa shape index (κ3) is 6.74. The van der Waals surface area contributed by atoms with Gasteiger partial charge in [-0.05, 0) is 42.9 Å². The van der Waals surface area contributed by atoms with E-state index in [0.29, 0.717) is 26.3 Å². The Balaban J connectivity index is 1.30. The van der Waals surface area contributed by atoms with Gasteiger partial charge in [-0.1, -0.05) is 36.4 Å². The van der Waals surface area contributed by atoms with E-state index in [1.165, 1.54) is 4.88 Å². The molecule has 2 aromatic rings. The van der Waals surface area contributed by atoms with Gasteiger partial charge in [-0.2, -0.15) is 0 Å². The van der Waals surface area contributed by atoms with Crippen molar-refractivity contribution in [2.45, 2.75) is 32.1 Å². The molecule has 5 nitrogen and oxygen atoms in total. The number of carbonyl (C=O) groups is 1. The molecule has 146 valence electrons. The zero-order valence-corrected chi connectivity index (χ0v) is 16.4. The number of aliphatic hydroxyl groups excluding tert-OH is 1. The second-order valence-electron chi connectivity index (χ2n) is 7.03. The lowest BCUT2D eigenvalue weighted by atomic mass is 9.95. The Bertz CT molecular complexity index is 670. The summed E-state index contributed by atoms with van der Waals surface area (Å²) in [4.78, 5) is 15.7. The molecular formula is C21H28N2O3S. The second-order valence-corrected chi connectivity index (χ2v) is 8.06. The van der Waals surface area contributed by atoms with Crippen molar-refractivity contribution in [3.05, 3.63) is 58.3 Å². The molecule has 1 amide bonds. The highest BCUT2D eigenvalue weighted by molar-refractivity contribution is 7.09. The number of likely N-dealkylation sites (tertiary alicyclic amines) is 1. The Labute approximate surface area is 165 Å². The topological polar surface area (TPSA) is 61.8 Å². The molecule has 2 heterocycles. The predicted octanol–water partition coefficient (Wildman–Crippen LogP) is 2.65. The molecule has 1 aliphatic rings. The van der Waals surface area contributed by atoms with Gasteiger partial charge in [-0.3, -0.25) is 4.79 Å². The van der Waals surface area contributed by atoms with Gasteiger partial charge < -0.3 is 20.1 Å². The minimum absolute atomic E-state index is 0.0668.